The summed E-state index contributed by atoms with van der Waals surface area (Å²) in [7, 11) is 0. The van der Waals surface area contributed by atoms with Gasteiger partial charge < -0.3 is 11.1 Å². The average Bonchev–Trinajstić information content (AvgIpc) is 2.33. The van der Waals surface area contributed by atoms with E-state index in [0.29, 0.717) is 21.4 Å². The minimum atomic E-state index is 0.292. The van der Waals surface area contributed by atoms with Crippen molar-refractivity contribution in [2.24, 2.45) is 5.73 Å². The average molecular weight is 293 g/mol. The Morgan fingerprint density at radius 2 is 2.05 bits per heavy atom. The maximum absolute atomic E-state index is 5.94. The first-order valence-corrected chi connectivity index (χ1v) is 6.44. The molecule has 4 nitrogen and oxygen atoms in total. The molecule has 0 aliphatic heterocycles. The molecule has 1 aromatic heterocycles. The summed E-state index contributed by atoms with van der Waals surface area (Å²) >= 11 is 11.0. The molecule has 3 N–H and O–H groups in total. The lowest BCUT2D eigenvalue weighted by Crippen LogP contribution is -2.16. The van der Waals surface area contributed by atoms with Gasteiger partial charge in [-0.05, 0) is 37.6 Å². The first-order valence-electron chi connectivity index (χ1n) is 5.65. The summed E-state index contributed by atoms with van der Waals surface area (Å²) in [6, 6.07) is 7.32. The summed E-state index contributed by atoms with van der Waals surface area (Å²) in [5.41, 5.74) is 9.01. The molecule has 0 aliphatic rings. The lowest BCUT2D eigenvalue weighted by atomic mass is 10.1. The Morgan fingerprint density at radius 1 is 1.32 bits per heavy atom. The van der Waals surface area contributed by atoms with Crippen LogP contribution in [0.2, 0.25) is 5.02 Å². The van der Waals surface area contributed by atoms with E-state index in [4.69, 9.17) is 29.6 Å². The number of hydrogen-bond donors (Lipinski definition) is 2. The highest BCUT2D eigenvalue weighted by Gasteiger charge is 2.13. The van der Waals surface area contributed by atoms with Crippen molar-refractivity contribution in [2.75, 3.05) is 5.32 Å². The number of anilines is 2. The van der Waals surface area contributed by atoms with Crippen LogP contribution in [-0.2, 0) is 0 Å². The highest BCUT2D eigenvalue weighted by molar-refractivity contribution is 7.80. The van der Waals surface area contributed by atoms with E-state index in [9.17, 15) is 0 Å². The number of thiocarbonyl (C=S) groups is 1. The maximum atomic E-state index is 5.94. The van der Waals surface area contributed by atoms with Gasteiger partial charge in [-0.25, -0.2) is 0 Å². The van der Waals surface area contributed by atoms with Crippen LogP contribution in [0.15, 0.2) is 24.3 Å². The molecule has 1 heterocycles. The van der Waals surface area contributed by atoms with Crippen molar-refractivity contribution in [1.29, 1.82) is 0 Å². The number of hydrogen-bond acceptors (Lipinski definition) is 4. The van der Waals surface area contributed by atoms with Gasteiger partial charge in [-0.1, -0.05) is 29.9 Å². The number of benzene rings is 1. The van der Waals surface area contributed by atoms with Crippen molar-refractivity contribution >= 4 is 40.3 Å². The van der Waals surface area contributed by atoms with E-state index in [1.807, 2.05) is 26.0 Å². The van der Waals surface area contributed by atoms with Crippen molar-refractivity contribution < 1.29 is 0 Å². The second-order valence-electron chi connectivity index (χ2n) is 4.13. The molecule has 19 heavy (non-hydrogen) atoms. The predicted octanol–water partition coefficient (Wildman–Crippen LogP) is 3.12. The van der Waals surface area contributed by atoms with Gasteiger partial charge in [0.15, 0.2) is 5.82 Å². The molecule has 0 saturated carbocycles. The summed E-state index contributed by atoms with van der Waals surface area (Å²) in [4.78, 5) is 0.292. The van der Waals surface area contributed by atoms with Gasteiger partial charge in [0.1, 0.15) is 4.99 Å². The second kappa shape index (κ2) is 5.50. The Hall–Kier alpha value is -1.72. The number of aromatic nitrogens is 2. The standard InChI is InChI=1S/C13H13ClN4S/c1-7-8(2)17-18-13(11(7)12(15)19)16-10-5-3-4-9(14)6-10/h3-6H,1-2H3,(H2,15,19)(H,16,18). The van der Waals surface area contributed by atoms with E-state index in [1.54, 1.807) is 12.1 Å². The Labute approximate surface area is 122 Å². The largest absolute Gasteiger partial charge is 0.389 e. The van der Waals surface area contributed by atoms with E-state index >= 15 is 0 Å². The van der Waals surface area contributed by atoms with Crippen molar-refractivity contribution in [3.05, 3.63) is 46.1 Å². The van der Waals surface area contributed by atoms with E-state index in [2.05, 4.69) is 15.5 Å². The summed E-state index contributed by atoms with van der Waals surface area (Å²) in [5, 5.41) is 12.0. The van der Waals surface area contributed by atoms with E-state index in [1.165, 1.54) is 0 Å². The smallest absolute Gasteiger partial charge is 0.163 e. The molecule has 0 atom stereocenters. The summed E-state index contributed by atoms with van der Waals surface area (Å²) < 4.78 is 0. The van der Waals surface area contributed by atoms with Crippen molar-refractivity contribution in [3.8, 4) is 0 Å². The van der Waals surface area contributed by atoms with Gasteiger partial charge >= 0.3 is 0 Å². The van der Waals surface area contributed by atoms with Crippen molar-refractivity contribution in [3.63, 3.8) is 0 Å². The molecule has 2 rings (SSSR count). The fourth-order valence-electron chi connectivity index (χ4n) is 1.70. The lowest BCUT2D eigenvalue weighted by Gasteiger charge is -2.13. The monoisotopic (exact) mass is 292 g/mol. The number of aryl methyl sites for hydroxylation is 1. The van der Waals surface area contributed by atoms with Crippen LogP contribution < -0.4 is 11.1 Å². The summed E-state index contributed by atoms with van der Waals surface area (Å²) in [6.45, 7) is 3.79. The van der Waals surface area contributed by atoms with Crippen molar-refractivity contribution in [2.45, 2.75) is 13.8 Å². The van der Waals surface area contributed by atoms with Crippen LogP contribution >= 0.6 is 23.8 Å². The molecule has 0 unspecified atom stereocenters. The van der Waals surface area contributed by atoms with Crippen LogP contribution in [0.1, 0.15) is 16.8 Å². The Balaban J connectivity index is 2.46. The van der Waals surface area contributed by atoms with E-state index < -0.39 is 0 Å². The van der Waals surface area contributed by atoms with Crippen LogP contribution in [0, 0.1) is 13.8 Å². The molecule has 2 aromatic rings. The number of nitrogens with zero attached hydrogens (tertiary/aromatic N) is 2. The Bertz CT molecular complexity index is 643. The fourth-order valence-corrected chi connectivity index (χ4v) is 2.14. The van der Waals surface area contributed by atoms with Gasteiger partial charge in [-0.3, -0.25) is 0 Å². The van der Waals surface area contributed by atoms with E-state index in [0.717, 1.165) is 16.9 Å². The van der Waals surface area contributed by atoms with Crippen molar-refractivity contribution in [1.82, 2.24) is 10.2 Å². The molecule has 1 aromatic carbocycles. The molecule has 0 fully saturated rings. The predicted molar refractivity (Wildman–Crippen MR) is 82.1 cm³/mol. The van der Waals surface area contributed by atoms with Crippen LogP contribution in [-0.4, -0.2) is 15.2 Å². The molecule has 0 bridgehead atoms. The number of halogens is 1. The molecular formula is C13H13ClN4S. The molecular weight excluding hydrogens is 280 g/mol. The molecule has 0 amide bonds. The zero-order valence-electron chi connectivity index (χ0n) is 10.6. The van der Waals surface area contributed by atoms with Crippen LogP contribution in [0.25, 0.3) is 0 Å². The third kappa shape index (κ3) is 3.00. The van der Waals surface area contributed by atoms with Crippen LogP contribution in [0.5, 0.6) is 0 Å². The highest BCUT2D eigenvalue weighted by atomic mass is 35.5. The highest BCUT2D eigenvalue weighted by Crippen LogP contribution is 2.23. The summed E-state index contributed by atoms with van der Waals surface area (Å²) in [6.07, 6.45) is 0. The number of rotatable bonds is 3. The van der Waals surface area contributed by atoms with Gasteiger partial charge in [-0.15, -0.1) is 5.10 Å². The van der Waals surface area contributed by atoms with Gasteiger partial charge in [0.25, 0.3) is 0 Å². The lowest BCUT2D eigenvalue weighted by molar-refractivity contribution is 0.963. The Kier molecular flexibility index (Phi) is 3.97. The first kappa shape index (κ1) is 13.7. The first-order chi connectivity index (χ1) is 8.99. The molecule has 0 aliphatic carbocycles. The summed E-state index contributed by atoms with van der Waals surface area (Å²) in [5.74, 6) is 0.540. The normalized spacial score (nSPS) is 10.3. The SMILES string of the molecule is Cc1nnc(Nc2cccc(Cl)c2)c(C(N)=S)c1C. The Morgan fingerprint density at radius 3 is 2.68 bits per heavy atom. The van der Waals surface area contributed by atoms with Gasteiger partial charge in [0, 0.05) is 10.7 Å². The topological polar surface area (TPSA) is 63.8 Å². The number of nitrogens with one attached hydrogen (secondary N) is 1. The minimum Gasteiger partial charge on any atom is -0.389 e. The van der Waals surface area contributed by atoms with Crippen LogP contribution in [0.3, 0.4) is 0 Å². The van der Waals surface area contributed by atoms with E-state index in [-0.39, 0.29) is 0 Å². The third-order valence-electron chi connectivity index (χ3n) is 2.79. The molecule has 0 radical (unpaired) electrons. The molecule has 0 saturated heterocycles. The third-order valence-corrected chi connectivity index (χ3v) is 3.23. The quantitative estimate of drug-likeness (QED) is 0.851. The molecule has 98 valence electrons. The number of nitrogens with two attached hydrogens (primary N) is 1. The van der Waals surface area contributed by atoms with Crippen LogP contribution in [0.4, 0.5) is 11.5 Å². The zero-order valence-corrected chi connectivity index (χ0v) is 12.1. The molecule has 0 spiro atoms. The maximum Gasteiger partial charge on any atom is 0.163 e. The van der Waals surface area contributed by atoms with Gasteiger partial charge in [0.2, 0.25) is 0 Å². The second-order valence-corrected chi connectivity index (χ2v) is 5.01. The van der Waals surface area contributed by atoms with Gasteiger partial charge in [-0.2, -0.15) is 5.10 Å². The zero-order chi connectivity index (χ0) is 14.0. The fraction of sp³-hybridized carbons (Fsp3) is 0.154. The van der Waals surface area contributed by atoms with Gasteiger partial charge in [0.05, 0.1) is 11.3 Å². The molecule has 6 heteroatoms. The minimum absolute atomic E-state index is 0.292.